The summed E-state index contributed by atoms with van der Waals surface area (Å²) in [5.41, 5.74) is 3.91. The number of hydrogen-bond acceptors (Lipinski definition) is 8. The molecule has 1 aromatic heterocycles. The quantitative estimate of drug-likeness (QED) is 0.107. The maximum atomic E-state index is 13.9. The molecule has 0 bridgehead atoms. The van der Waals surface area contributed by atoms with Crippen molar-refractivity contribution in [2.45, 2.75) is 64.2 Å². The van der Waals surface area contributed by atoms with Gasteiger partial charge in [-0.05, 0) is 77.1 Å². The highest BCUT2D eigenvalue weighted by Gasteiger charge is 2.22. The van der Waals surface area contributed by atoms with Crippen LogP contribution in [0, 0.1) is 5.92 Å². The van der Waals surface area contributed by atoms with Crippen LogP contribution in [-0.2, 0) is 40.8 Å². The van der Waals surface area contributed by atoms with E-state index < -0.39 is 28.1 Å². The summed E-state index contributed by atoms with van der Waals surface area (Å²) >= 11 is 0. The number of fused-ring (bicyclic) bond motifs is 1. The lowest BCUT2D eigenvalue weighted by molar-refractivity contribution is 0.0822. The van der Waals surface area contributed by atoms with Crippen LogP contribution in [0.5, 0.6) is 5.75 Å². The third kappa shape index (κ3) is 9.88. The highest BCUT2D eigenvalue weighted by atomic mass is 32.2. The van der Waals surface area contributed by atoms with Crippen molar-refractivity contribution < 1.29 is 27.5 Å². The third-order valence-corrected chi connectivity index (χ3v) is 10.6. The highest BCUT2D eigenvalue weighted by molar-refractivity contribution is 7.90. The molecule has 0 fully saturated rings. The van der Waals surface area contributed by atoms with Crippen molar-refractivity contribution in [1.82, 2.24) is 14.3 Å². The first kappa shape index (κ1) is 39.4. The maximum absolute atomic E-state index is 13.9. The smallest absolute Gasteiger partial charge is 0.414 e. The van der Waals surface area contributed by atoms with Gasteiger partial charge >= 0.3 is 6.09 Å². The fourth-order valence-electron chi connectivity index (χ4n) is 6.20. The Hall–Kier alpha value is -6.27. The van der Waals surface area contributed by atoms with Crippen LogP contribution in [0.1, 0.15) is 59.8 Å². The molecule has 0 aliphatic carbocycles. The van der Waals surface area contributed by atoms with E-state index in [9.17, 15) is 22.8 Å². The number of para-hydroxylation sites is 1. The Morgan fingerprint density at radius 2 is 1.46 bits per heavy atom. The van der Waals surface area contributed by atoms with Gasteiger partial charge < -0.3 is 9.47 Å². The molecule has 0 aliphatic heterocycles. The number of hydrogen-bond donors (Lipinski definition) is 2. The van der Waals surface area contributed by atoms with Gasteiger partial charge in [0.15, 0.2) is 0 Å². The van der Waals surface area contributed by atoms with Crippen LogP contribution in [0.2, 0.25) is 0 Å². The van der Waals surface area contributed by atoms with Crippen molar-refractivity contribution in [2.75, 3.05) is 5.32 Å². The SMILES string of the molecule is CCCc1cc(Cn2c(NC(=O)OC(Cc3ccccc3)C(C)C)nc3ccccc3c2=O)ccc1OCc1ccc(C(=O)NS(=O)(=O)c2ccccc2)cc1. The minimum atomic E-state index is -4.01. The van der Waals surface area contributed by atoms with Crippen LogP contribution in [0.15, 0.2) is 137 Å². The number of carbonyl (C=O) groups is 2. The van der Waals surface area contributed by atoms with Crippen LogP contribution in [-0.4, -0.2) is 36.1 Å². The minimum absolute atomic E-state index is 0.0000167. The second kappa shape index (κ2) is 17.9. The van der Waals surface area contributed by atoms with E-state index in [0.29, 0.717) is 29.5 Å². The van der Waals surface area contributed by atoms with E-state index in [1.165, 1.54) is 16.7 Å². The van der Waals surface area contributed by atoms with Crippen molar-refractivity contribution >= 4 is 38.9 Å². The second-order valence-electron chi connectivity index (χ2n) is 13.8. The van der Waals surface area contributed by atoms with E-state index in [1.54, 1.807) is 66.7 Å². The molecular formula is C44H44N4O7S. The van der Waals surface area contributed by atoms with Crippen LogP contribution in [0.3, 0.4) is 0 Å². The normalized spacial score (nSPS) is 11.9. The lowest BCUT2D eigenvalue weighted by Crippen LogP contribution is -2.32. The van der Waals surface area contributed by atoms with Gasteiger partial charge in [-0.3, -0.25) is 19.5 Å². The predicted molar refractivity (Wildman–Crippen MR) is 216 cm³/mol. The molecule has 6 rings (SSSR count). The van der Waals surface area contributed by atoms with Gasteiger partial charge in [-0.15, -0.1) is 0 Å². The molecule has 0 saturated heterocycles. The van der Waals surface area contributed by atoms with Gasteiger partial charge in [0.25, 0.3) is 21.5 Å². The largest absolute Gasteiger partial charge is 0.489 e. The minimum Gasteiger partial charge on any atom is -0.489 e. The number of anilines is 1. The molecule has 1 unspecified atom stereocenters. The van der Waals surface area contributed by atoms with Gasteiger partial charge in [0.05, 0.1) is 22.3 Å². The zero-order valence-electron chi connectivity index (χ0n) is 31.5. The van der Waals surface area contributed by atoms with Gasteiger partial charge in [-0.2, -0.15) is 0 Å². The van der Waals surface area contributed by atoms with E-state index in [2.05, 4.69) is 21.9 Å². The summed E-state index contributed by atoms with van der Waals surface area (Å²) in [6.45, 7) is 6.38. The van der Waals surface area contributed by atoms with Crippen LogP contribution >= 0.6 is 0 Å². The van der Waals surface area contributed by atoms with E-state index in [1.807, 2.05) is 62.4 Å². The molecule has 1 atom stereocenters. The molecule has 0 aliphatic rings. The molecule has 11 nitrogen and oxygen atoms in total. The number of aromatic nitrogens is 2. The summed E-state index contributed by atoms with van der Waals surface area (Å²) in [5.74, 6) is 0.0482. The average Bonchev–Trinajstić information content (AvgIpc) is 3.19. The summed E-state index contributed by atoms with van der Waals surface area (Å²) in [6.07, 6.45) is 0.993. The first-order valence-corrected chi connectivity index (χ1v) is 20.0. The van der Waals surface area contributed by atoms with Gasteiger partial charge in [0, 0.05) is 12.0 Å². The monoisotopic (exact) mass is 772 g/mol. The lowest BCUT2D eigenvalue weighted by Gasteiger charge is -2.22. The molecule has 0 radical (unpaired) electrons. The van der Waals surface area contributed by atoms with Gasteiger partial charge in [-0.25, -0.2) is 22.9 Å². The van der Waals surface area contributed by atoms with Gasteiger partial charge in [-0.1, -0.05) is 112 Å². The second-order valence-corrected chi connectivity index (χ2v) is 15.5. The number of benzene rings is 5. The number of rotatable bonds is 15. The van der Waals surface area contributed by atoms with Crippen molar-refractivity contribution in [3.05, 3.63) is 166 Å². The number of nitrogens with zero attached hydrogens (tertiary/aromatic N) is 2. The van der Waals surface area contributed by atoms with Crippen molar-refractivity contribution in [1.29, 1.82) is 0 Å². The molecule has 6 aromatic rings. The van der Waals surface area contributed by atoms with E-state index in [0.717, 1.165) is 28.7 Å². The summed E-state index contributed by atoms with van der Waals surface area (Å²) in [7, 11) is -4.01. The predicted octanol–water partition coefficient (Wildman–Crippen LogP) is 7.91. The summed E-state index contributed by atoms with van der Waals surface area (Å²) < 4.78 is 40.9. The lowest BCUT2D eigenvalue weighted by atomic mass is 9.99. The van der Waals surface area contributed by atoms with Crippen molar-refractivity contribution in [3.63, 3.8) is 0 Å². The Balaban J connectivity index is 1.17. The number of ether oxygens (including phenoxy) is 2. The van der Waals surface area contributed by atoms with E-state index in [-0.39, 0.29) is 41.0 Å². The molecule has 2 N–H and O–H groups in total. The molecule has 1 heterocycles. The van der Waals surface area contributed by atoms with Gasteiger partial charge in [0.1, 0.15) is 18.5 Å². The third-order valence-electron chi connectivity index (χ3n) is 9.23. The molecule has 56 heavy (non-hydrogen) atoms. The van der Waals surface area contributed by atoms with Crippen molar-refractivity contribution in [2.24, 2.45) is 5.92 Å². The van der Waals surface area contributed by atoms with Crippen LogP contribution in [0.4, 0.5) is 10.7 Å². The molecule has 0 spiro atoms. The standard InChI is InChI=1S/C44H44N4O7S/c1-4-13-35-26-33(22-25-39(35)54-29-32-20-23-34(24-21-32)41(49)47-56(52,53)36-16-9-6-10-17-36)28-48-42(50)37-18-11-12-19-38(37)45-43(48)46-44(51)55-40(30(2)3)27-31-14-7-5-8-15-31/h5-12,14-26,30,40H,4,13,27-29H2,1-3H3,(H,47,49)(H,45,46,51). The Bertz CT molecular complexity index is 2470. The number of carbonyl (C=O) groups excluding carboxylic acids is 2. The molecule has 288 valence electrons. The highest BCUT2D eigenvalue weighted by Crippen LogP contribution is 2.25. The van der Waals surface area contributed by atoms with Crippen molar-refractivity contribution in [3.8, 4) is 5.75 Å². The summed E-state index contributed by atoms with van der Waals surface area (Å²) in [4.78, 5) is 44.6. The first-order valence-electron chi connectivity index (χ1n) is 18.5. The number of aryl methyl sites for hydroxylation is 1. The molecule has 0 saturated carbocycles. The van der Waals surface area contributed by atoms with E-state index in [4.69, 9.17) is 9.47 Å². The van der Waals surface area contributed by atoms with Gasteiger partial charge in [0.2, 0.25) is 5.95 Å². The average molecular weight is 773 g/mol. The maximum Gasteiger partial charge on any atom is 0.414 e. The Labute approximate surface area is 326 Å². The Morgan fingerprint density at radius 3 is 2.16 bits per heavy atom. The summed E-state index contributed by atoms with van der Waals surface area (Å²) in [6, 6.07) is 36.8. The van der Waals surface area contributed by atoms with Crippen LogP contribution < -0.4 is 20.3 Å². The van der Waals surface area contributed by atoms with Crippen LogP contribution in [0.25, 0.3) is 10.9 Å². The van der Waals surface area contributed by atoms with E-state index >= 15 is 0 Å². The first-order chi connectivity index (χ1) is 27.0. The Kier molecular flexibility index (Phi) is 12.6. The molecular weight excluding hydrogens is 729 g/mol. The zero-order valence-corrected chi connectivity index (χ0v) is 32.3. The molecule has 12 heteroatoms. The summed E-state index contributed by atoms with van der Waals surface area (Å²) in [5, 5.41) is 3.19. The fraction of sp³-hybridized carbons (Fsp3) is 0.227. The molecule has 5 aromatic carbocycles. The fourth-order valence-corrected chi connectivity index (χ4v) is 7.20. The zero-order chi connectivity index (χ0) is 39.7. The number of nitrogens with one attached hydrogen (secondary N) is 2. The number of amides is 2. The molecule has 2 amide bonds. The Morgan fingerprint density at radius 1 is 0.804 bits per heavy atom. The topological polar surface area (TPSA) is 146 Å². The number of sulfonamides is 1.